The standard InChI is InChI=1S/C17H18N6S/c1-12(2)23-11-18-22-16(23)14-9-6-10-15(20-14)21-17(24)19-13-7-4-3-5-8-13/h3-12H,1-2H3,(H2,19,20,21,24). The van der Waals surface area contributed by atoms with E-state index in [-0.39, 0.29) is 6.04 Å². The molecule has 0 aliphatic rings. The molecule has 2 heterocycles. The molecule has 24 heavy (non-hydrogen) atoms. The number of anilines is 2. The van der Waals surface area contributed by atoms with Crippen molar-refractivity contribution in [2.75, 3.05) is 10.6 Å². The van der Waals surface area contributed by atoms with Gasteiger partial charge < -0.3 is 15.2 Å². The SMILES string of the molecule is CC(C)n1cnnc1-c1cccc(NC(=S)Nc2ccccc2)n1. The van der Waals surface area contributed by atoms with Crippen molar-refractivity contribution >= 4 is 28.8 Å². The quantitative estimate of drug-likeness (QED) is 0.707. The topological polar surface area (TPSA) is 67.7 Å². The fourth-order valence-electron chi connectivity index (χ4n) is 2.23. The minimum absolute atomic E-state index is 0.259. The van der Waals surface area contributed by atoms with Crippen molar-refractivity contribution in [3.05, 3.63) is 54.9 Å². The lowest BCUT2D eigenvalue weighted by molar-refractivity contribution is 0.603. The average Bonchev–Trinajstić information content (AvgIpc) is 3.06. The number of nitrogens with zero attached hydrogens (tertiary/aromatic N) is 4. The summed E-state index contributed by atoms with van der Waals surface area (Å²) in [6, 6.07) is 15.7. The summed E-state index contributed by atoms with van der Waals surface area (Å²) < 4.78 is 1.98. The summed E-state index contributed by atoms with van der Waals surface area (Å²) in [5.74, 6) is 1.38. The molecule has 0 bridgehead atoms. The molecule has 0 spiro atoms. The maximum atomic E-state index is 5.33. The van der Waals surface area contributed by atoms with Crippen molar-refractivity contribution in [3.8, 4) is 11.5 Å². The molecular formula is C17H18N6S. The molecule has 0 saturated heterocycles. The van der Waals surface area contributed by atoms with Gasteiger partial charge in [0.1, 0.15) is 17.8 Å². The molecule has 0 radical (unpaired) electrons. The van der Waals surface area contributed by atoms with Gasteiger partial charge in [-0.2, -0.15) is 0 Å². The smallest absolute Gasteiger partial charge is 0.182 e. The number of hydrogen-bond donors (Lipinski definition) is 2. The second-order valence-corrected chi connectivity index (χ2v) is 5.92. The Hall–Kier alpha value is -2.80. The number of nitrogens with one attached hydrogen (secondary N) is 2. The summed E-state index contributed by atoms with van der Waals surface area (Å²) in [4.78, 5) is 4.58. The Bertz CT molecular complexity index is 828. The summed E-state index contributed by atoms with van der Waals surface area (Å²) >= 11 is 5.33. The highest BCUT2D eigenvalue weighted by atomic mass is 32.1. The van der Waals surface area contributed by atoms with E-state index in [2.05, 4.69) is 39.7 Å². The molecular weight excluding hydrogens is 320 g/mol. The zero-order valence-electron chi connectivity index (χ0n) is 13.5. The molecule has 3 rings (SSSR count). The van der Waals surface area contributed by atoms with Crippen molar-refractivity contribution in [2.24, 2.45) is 0 Å². The molecule has 0 amide bonds. The van der Waals surface area contributed by atoms with Gasteiger partial charge in [0.2, 0.25) is 0 Å². The molecule has 2 aromatic heterocycles. The largest absolute Gasteiger partial charge is 0.332 e. The predicted molar refractivity (Wildman–Crippen MR) is 99.9 cm³/mol. The van der Waals surface area contributed by atoms with Crippen molar-refractivity contribution in [1.29, 1.82) is 0 Å². The Morgan fingerprint density at radius 1 is 1.04 bits per heavy atom. The number of pyridine rings is 1. The van der Waals surface area contributed by atoms with Gasteiger partial charge in [-0.3, -0.25) is 0 Å². The molecule has 6 nitrogen and oxygen atoms in total. The van der Waals surface area contributed by atoms with Crippen LogP contribution in [0.4, 0.5) is 11.5 Å². The highest BCUT2D eigenvalue weighted by molar-refractivity contribution is 7.80. The third-order valence-corrected chi connectivity index (χ3v) is 3.58. The molecule has 0 fully saturated rings. The van der Waals surface area contributed by atoms with E-state index >= 15 is 0 Å². The first kappa shape index (κ1) is 16.1. The number of rotatable bonds is 4. The normalized spacial score (nSPS) is 10.6. The molecule has 2 N–H and O–H groups in total. The van der Waals surface area contributed by atoms with Crippen molar-refractivity contribution in [3.63, 3.8) is 0 Å². The molecule has 7 heteroatoms. The van der Waals surface area contributed by atoms with Gasteiger partial charge in [0.25, 0.3) is 0 Å². The highest BCUT2D eigenvalue weighted by Gasteiger charge is 2.11. The van der Waals surface area contributed by atoms with Crippen LogP contribution in [-0.2, 0) is 0 Å². The predicted octanol–water partition coefficient (Wildman–Crippen LogP) is 3.73. The third kappa shape index (κ3) is 3.75. The molecule has 0 aliphatic heterocycles. The van der Waals surface area contributed by atoms with Crippen LogP contribution in [-0.4, -0.2) is 24.9 Å². The minimum atomic E-state index is 0.259. The first-order chi connectivity index (χ1) is 11.6. The van der Waals surface area contributed by atoms with Crippen molar-refractivity contribution < 1.29 is 0 Å². The number of para-hydroxylation sites is 1. The van der Waals surface area contributed by atoms with E-state index in [1.807, 2.05) is 53.1 Å². The first-order valence-corrected chi connectivity index (χ1v) is 8.04. The summed E-state index contributed by atoms with van der Waals surface area (Å²) in [5, 5.41) is 14.8. The molecule has 0 aliphatic carbocycles. The lowest BCUT2D eigenvalue weighted by atomic mass is 10.3. The summed E-state index contributed by atoms with van der Waals surface area (Å²) in [6.45, 7) is 4.15. The Kier molecular flexibility index (Phi) is 4.81. The van der Waals surface area contributed by atoms with E-state index in [0.29, 0.717) is 10.9 Å². The van der Waals surface area contributed by atoms with Gasteiger partial charge in [0.05, 0.1) is 0 Å². The molecule has 1 aromatic carbocycles. The van der Waals surface area contributed by atoms with E-state index in [1.54, 1.807) is 6.33 Å². The third-order valence-electron chi connectivity index (χ3n) is 3.38. The van der Waals surface area contributed by atoms with Gasteiger partial charge in [0.15, 0.2) is 10.9 Å². The van der Waals surface area contributed by atoms with Crippen LogP contribution in [0.2, 0.25) is 0 Å². The fourth-order valence-corrected chi connectivity index (χ4v) is 2.46. The Labute approximate surface area is 146 Å². The van der Waals surface area contributed by atoms with E-state index in [4.69, 9.17) is 12.2 Å². The zero-order chi connectivity index (χ0) is 16.9. The van der Waals surface area contributed by atoms with E-state index < -0.39 is 0 Å². The van der Waals surface area contributed by atoms with Crippen LogP contribution in [0.5, 0.6) is 0 Å². The minimum Gasteiger partial charge on any atom is -0.332 e. The fraction of sp³-hybridized carbons (Fsp3) is 0.176. The number of thiocarbonyl (C=S) groups is 1. The van der Waals surface area contributed by atoms with E-state index in [1.165, 1.54) is 0 Å². The lowest BCUT2D eigenvalue weighted by Gasteiger charge is -2.12. The van der Waals surface area contributed by atoms with Gasteiger partial charge in [-0.25, -0.2) is 4.98 Å². The summed E-state index contributed by atoms with van der Waals surface area (Å²) in [5.41, 5.74) is 1.67. The van der Waals surface area contributed by atoms with E-state index in [0.717, 1.165) is 17.2 Å². The van der Waals surface area contributed by atoms with Crippen LogP contribution in [0.1, 0.15) is 19.9 Å². The Balaban J connectivity index is 1.76. The van der Waals surface area contributed by atoms with Gasteiger partial charge in [-0.1, -0.05) is 24.3 Å². The number of benzene rings is 1. The first-order valence-electron chi connectivity index (χ1n) is 7.63. The second-order valence-electron chi connectivity index (χ2n) is 5.51. The number of aromatic nitrogens is 4. The number of hydrogen-bond acceptors (Lipinski definition) is 4. The van der Waals surface area contributed by atoms with Crippen LogP contribution in [0, 0.1) is 0 Å². The second kappa shape index (κ2) is 7.18. The van der Waals surface area contributed by atoms with E-state index in [9.17, 15) is 0 Å². The molecule has 0 saturated carbocycles. The van der Waals surface area contributed by atoms with Crippen molar-refractivity contribution in [1.82, 2.24) is 19.7 Å². The van der Waals surface area contributed by atoms with Gasteiger partial charge >= 0.3 is 0 Å². The zero-order valence-corrected chi connectivity index (χ0v) is 14.3. The molecule has 122 valence electrons. The molecule has 3 aromatic rings. The lowest BCUT2D eigenvalue weighted by Crippen LogP contribution is -2.19. The van der Waals surface area contributed by atoms with Crippen LogP contribution < -0.4 is 10.6 Å². The highest BCUT2D eigenvalue weighted by Crippen LogP contribution is 2.19. The van der Waals surface area contributed by atoms with Gasteiger partial charge in [0, 0.05) is 11.7 Å². The van der Waals surface area contributed by atoms with Crippen LogP contribution in [0.25, 0.3) is 11.5 Å². The maximum Gasteiger partial charge on any atom is 0.182 e. The van der Waals surface area contributed by atoms with Crippen molar-refractivity contribution in [2.45, 2.75) is 19.9 Å². The molecule has 0 atom stereocenters. The van der Waals surface area contributed by atoms with Crippen LogP contribution >= 0.6 is 12.2 Å². The molecule has 0 unspecified atom stereocenters. The van der Waals surface area contributed by atoms with Gasteiger partial charge in [-0.15, -0.1) is 10.2 Å². The summed E-state index contributed by atoms with van der Waals surface area (Å²) in [6.07, 6.45) is 1.71. The monoisotopic (exact) mass is 338 g/mol. The Morgan fingerprint density at radius 2 is 1.83 bits per heavy atom. The maximum absolute atomic E-state index is 5.33. The van der Waals surface area contributed by atoms with Crippen LogP contribution in [0.3, 0.4) is 0 Å². The van der Waals surface area contributed by atoms with Crippen LogP contribution in [0.15, 0.2) is 54.9 Å². The average molecular weight is 338 g/mol. The summed E-state index contributed by atoms with van der Waals surface area (Å²) in [7, 11) is 0. The Morgan fingerprint density at radius 3 is 2.58 bits per heavy atom. The van der Waals surface area contributed by atoms with Gasteiger partial charge in [-0.05, 0) is 50.3 Å².